The Bertz CT molecular complexity index is 236. The molecule has 0 spiro atoms. The molecule has 0 bridgehead atoms. The van der Waals surface area contributed by atoms with E-state index in [9.17, 15) is 4.79 Å². The Balaban J connectivity index is 3.19. The zero-order valence-corrected chi connectivity index (χ0v) is 13.7. The first-order chi connectivity index (χ1) is 9.50. The topological polar surface area (TPSA) is 46.5 Å². The minimum atomic E-state index is -1.04. The van der Waals surface area contributed by atoms with Gasteiger partial charge in [0.2, 0.25) is 0 Å². The summed E-state index contributed by atoms with van der Waals surface area (Å²) < 4.78 is 5.37. The molecule has 0 amide bonds. The lowest BCUT2D eigenvalue weighted by Gasteiger charge is -2.19. The second-order valence-electron chi connectivity index (χ2n) is 6.20. The molecule has 0 aromatic rings. The molecule has 0 fully saturated rings. The van der Waals surface area contributed by atoms with Crippen LogP contribution < -0.4 is 0 Å². The molecule has 120 valence electrons. The summed E-state index contributed by atoms with van der Waals surface area (Å²) in [5.41, 5.74) is -1.04. The van der Waals surface area contributed by atoms with E-state index >= 15 is 0 Å². The zero-order chi connectivity index (χ0) is 15.3. The van der Waals surface area contributed by atoms with Crippen LogP contribution in [-0.4, -0.2) is 23.3 Å². The predicted octanol–water partition coefficient (Wildman–Crippen LogP) is 5.18. The average Bonchev–Trinajstić information content (AvgIpc) is 2.39. The van der Waals surface area contributed by atoms with Crippen molar-refractivity contribution in [3.63, 3.8) is 0 Å². The number of carboxylic acid groups (broad SMARTS) is 1. The zero-order valence-electron chi connectivity index (χ0n) is 13.7. The Kier molecular flexibility index (Phi) is 11.8. The Hall–Kier alpha value is -0.570. The van der Waals surface area contributed by atoms with Gasteiger partial charge in [0.05, 0.1) is 0 Å². The molecular weight excluding hydrogens is 252 g/mol. The van der Waals surface area contributed by atoms with E-state index in [0.717, 1.165) is 12.8 Å². The Morgan fingerprint density at radius 3 is 1.65 bits per heavy atom. The highest BCUT2D eigenvalue weighted by Crippen LogP contribution is 2.13. The van der Waals surface area contributed by atoms with Crippen LogP contribution in [0.4, 0.5) is 0 Å². The molecule has 0 rings (SSSR count). The van der Waals surface area contributed by atoms with Crippen LogP contribution in [0.25, 0.3) is 0 Å². The lowest BCUT2D eigenvalue weighted by molar-refractivity contribution is -0.161. The van der Waals surface area contributed by atoms with Gasteiger partial charge in [-0.05, 0) is 20.3 Å². The highest BCUT2D eigenvalue weighted by Gasteiger charge is 2.27. The Morgan fingerprint density at radius 1 is 0.850 bits per heavy atom. The third-order valence-electron chi connectivity index (χ3n) is 3.73. The molecule has 0 aromatic heterocycles. The van der Waals surface area contributed by atoms with E-state index in [0.29, 0.717) is 6.61 Å². The second kappa shape index (κ2) is 12.2. The molecule has 0 radical (unpaired) electrons. The van der Waals surface area contributed by atoms with Crippen LogP contribution in [0.5, 0.6) is 0 Å². The molecule has 1 N–H and O–H groups in total. The predicted molar refractivity (Wildman–Crippen MR) is 84.1 cm³/mol. The molecule has 0 unspecified atom stereocenters. The molecule has 0 saturated heterocycles. The van der Waals surface area contributed by atoms with Crippen molar-refractivity contribution in [3.8, 4) is 0 Å². The Morgan fingerprint density at radius 2 is 1.25 bits per heavy atom. The van der Waals surface area contributed by atoms with Crippen molar-refractivity contribution in [1.82, 2.24) is 0 Å². The molecular formula is C17H34O3. The summed E-state index contributed by atoms with van der Waals surface area (Å²) in [7, 11) is 0. The van der Waals surface area contributed by atoms with Crippen molar-refractivity contribution in [2.24, 2.45) is 0 Å². The fraction of sp³-hybridized carbons (Fsp3) is 0.941. The minimum Gasteiger partial charge on any atom is -0.479 e. The number of ether oxygens (including phenoxy) is 1. The molecule has 0 saturated carbocycles. The van der Waals surface area contributed by atoms with E-state index in [-0.39, 0.29) is 0 Å². The van der Waals surface area contributed by atoms with Gasteiger partial charge in [0.25, 0.3) is 0 Å². The van der Waals surface area contributed by atoms with Gasteiger partial charge in [-0.2, -0.15) is 0 Å². The smallest absolute Gasteiger partial charge is 0.335 e. The van der Waals surface area contributed by atoms with Crippen molar-refractivity contribution in [3.05, 3.63) is 0 Å². The molecule has 0 heterocycles. The fourth-order valence-electron chi connectivity index (χ4n) is 2.16. The van der Waals surface area contributed by atoms with Crippen LogP contribution in [0, 0.1) is 0 Å². The molecule has 0 aromatic carbocycles. The minimum absolute atomic E-state index is 0.552. The van der Waals surface area contributed by atoms with Gasteiger partial charge in [0, 0.05) is 6.61 Å². The molecule has 0 atom stereocenters. The van der Waals surface area contributed by atoms with Crippen LogP contribution in [0.2, 0.25) is 0 Å². The Labute approximate surface area is 125 Å². The van der Waals surface area contributed by atoms with E-state index in [2.05, 4.69) is 6.92 Å². The fourth-order valence-corrected chi connectivity index (χ4v) is 2.16. The maximum Gasteiger partial charge on any atom is 0.335 e. The summed E-state index contributed by atoms with van der Waals surface area (Å²) in [6.45, 7) is 6.01. The van der Waals surface area contributed by atoms with E-state index in [1.807, 2.05) is 0 Å². The van der Waals surface area contributed by atoms with E-state index in [1.165, 1.54) is 57.8 Å². The van der Waals surface area contributed by atoms with E-state index in [4.69, 9.17) is 9.84 Å². The lowest BCUT2D eigenvalue weighted by atomic mass is 10.1. The van der Waals surface area contributed by atoms with E-state index in [1.54, 1.807) is 13.8 Å². The van der Waals surface area contributed by atoms with Gasteiger partial charge in [-0.25, -0.2) is 4.79 Å². The van der Waals surface area contributed by atoms with Crippen LogP contribution in [-0.2, 0) is 9.53 Å². The highest BCUT2D eigenvalue weighted by atomic mass is 16.5. The second-order valence-corrected chi connectivity index (χ2v) is 6.20. The van der Waals surface area contributed by atoms with Gasteiger partial charge in [0.1, 0.15) is 0 Å². The third-order valence-corrected chi connectivity index (χ3v) is 3.73. The van der Waals surface area contributed by atoms with Gasteiger partial charge < -0.3 is 9.84 Å². The van der Waals surface area contributed by atoms with Gasteiger partial charge >= 0.3 is 5.97 Å². The van der Waals surface area contributed by atoms with Gasteiger partial charge in [-0.3, -0.25) is 0 Å². The summed E-state index contributed by atoms with van der Waals surface area (Å²) in [5, 5.41) is 8.89. The van der Waals surface area contributed by atoms with Crippen molar-refractivity contribution in [2.75, 3.05) is 6.61 Å². The maximum absolute atomic E-state index is 10.8. The first-order valence-electron chi connectivity index (χ1n) is 8.38. The van der Waals surface area contributed by atoms with E-state index < -0.39 is 11.6 Å². The van der Waals surface area contributed by atoms with Crippen LogP contribution >= 0.6 is 0 Å². The SMILES string of the molecule is CCCCCCCCCCCCCOC(C)(C)C(=O)O. The molecule has 0 aliphatic rings. The summed E-state index contributed by atoms with van der Waals surface area (Å²) in [6.07, 6.45) is 14.2. The van der Waals surface area contributed by atoms with Crippen LogP contribution in [0.15, 0.2) is 0 Å². The van der Waals surface area contributed by atoms with Crippen LogP contribution in [0.3, 0.4) is 0 Å². The van der Waals surface area contributed by atoms with Gasteiger partial charge in [-0.1, -0.05) is 71.1 Å². The first kappa shape index (κ1) is 19.4. The van der Waals surface area contributed by atoms with Crippen LogP contribution in [0.1, 0.15) is 91.4 Å². The number of unbranched alkanes of at least 4 members (excludes halogenated alkanes) is 10. The molecule has 3 nitrogen and oxygen atoms in total. The lowest BCUT2D eigenvalue weighted by Crippen LogP contribution is -2.35. The molecule has 20 heavy (non-hydrogen) atoms. The quantitative estimate of drug-likeness (QED) is 0.448. The largest absolute Gasteiger partial charge is 0.479 e. The third kappa shape index (κ3) is 11.3. The summed E-state index contributed by atoms with van der Waals surface area (Å²) in [6, 6.07) is 0. The first-order valence-corrected chi connectivity index (χ1v) is 8.38. The monoisotopic (exact) mass is 286 g/mol. The maximum atomic E-state index is 10.8. The number of aliphatic carboxylic acids is 1. The summed E-state index contributed by atoms with van der Waals surface area (Å²) in [4.78, 5) is 10.8. The van der Waals surface area contributed by atoms with Crippen molar-refractivity contribution in [1.29, 1.82) is 0 Å². The standard InChI is InChI=1S/C17H34O3/c1-4-5-6-7-8-9-10-11-12-13-14-15-20-17(2,3)16(18)19/h4-15H2,1-3H3,(H,18,19). The average molecular weight is 286 g/mol. The van der Waals surface area contributed by atoms with Gasteiger partial charge in [0.15, 0.2) is 5.60 Å². The molecule has 0 aliphatic heterocycles. The summed E-state index contributed by atoms with van der Waals surface area (Å²) >= 11 is 0. The number of hydrogen-bond acceptors (Lipinski definition) is 2. The van der Waals surface area contributed by atoms with Gasteiger partial charge in [-0.15, -0.1) is 0 Å². The molecule has 3 heteroatoms. The number of hydrogen-bond donors (Lipinski definition) is 1. The number of rotatable bonds is 14. The van der Waals surface area contributed by atoms with Crippen molar-refractivity contribution < 1.29 is 14.6 Å². The molecule has 0 aliphatic carbocycles. The van der Waals surface area contributed by atoms with Crippen molar-refractivity contribution in [2.45, 2.75) is 97.0 Å². The highest BCUT2D eigenvalue weighted by molar-refractivity contribution is 5.76. The number of carbonyl (C=O) groups is 1. The number of carboxylic acids is 1. The normalized spacial score (nSPS) is 11.8. The van der Waals surface area contributed by atoms with Crippen molar-refractivity contribution >= 4 is 5.97 Å². The summed E-state index contributed by atoms with van der Waals surface area (Å²) in [5.74, 6) is -0.888.